The third-order valence-corrected chi connectivity index (χ3v) is 4.77. The highest BCUT2D eigenvalue weighted by molar-refractivity contribution is 6.31. The fraction of sp³-hybridized carbons (Fsp3) is 0.217. The first-order valence-corrected chi connectivity index (χ1v) is 10.1. The highest BCUT2D eigenvalue weighted by atomic mass is 35.5. The Morgan fingerprint density at radius 2 is 1.97 bits per heavy atom. The summed E-state index contributed by atoms with van der Waals surface area (Å²) >= 11 is 12.0. The quantitative estimate of drug-likeness (QED) is 0.443. The van der Waals surface area contributed by atoms with Crippen molar-refractivity contribution in [1.82, 2.24) is 10.2 Å². The molecule has 0 aliphatic heterocycles. The summed E-state index contributed by atoms with van der Waals surface area (Å²) in [6, 6.07) is 7.02. The van der Waals surface area contributed by atoms with Gasteiger partial charge >= 0.3 is 12.0 Å². The highest BCUT2D eigenvalue weighted by Crippen LogP contribution is 2.18. The van der Waals surface area contributed by atoms with E-state index < -0.39 is 5.97 Å². The van der Waals surface area contributed by atoms with Crippen LogP contribution >= 0.6 is 23.2 Å². The van der Waals surface area contributed by atoms with Crippen LogP contribution in [0.5, 0.6) is 0 Å². The van der Waals surface area contributed by atoms with E-state index in [0.717, 1.165) is 16.7 Å². The van der Waals surface area contributed by atoms with Gasteiger partial charge in [0.1, 0.15) is 6.61 Å². The number of amides is 2. The molecule has 1 aliphatic carbocycles. The number of nitrogens with one attached hydrogen (secondary N) is 1. The van der Waals surface area contributed by atoms with Crippen LogP contribution in [-0.2, 0) is 16.1 Å². The Kier molecular flexibility index (Phi) is 9.45. The molecule has 1 aromatic carbocycles. The van der Waals surface area contributed by atoms with Crippen LogP contribution in [0.3, 0.4) is 0 Å². The van der Waals surface area contributed by atoms with Gasteiger partial charge in [-0.2, -0.15) is 0 Å². The van der Waals surface area contributed by atoms with Crippen LogP contribution in [0.4, 0.5) is 4.79 Å². The average molecular weight is 447 g/mol. The van der Waals surface area contributed by atoms with E-state index in [1.165, 1.54) is 11.0 Å². The van der Waals surface area contributed by atoms with E-state index in [1.807, 2.05) is 30.4 Å². The molecule has 0 bridgehead atoms. The monoisotopic (exact) mass is 446 g/mol. The van der Waals surface area contributed by atoms with Gasteiger partial charge in [0.2, 0.25) is 0 Å². The largest absolute Gasteiger partial charge is 0.461 e. The number of carbonyl (C=O) groups excluding carboxylic acids is 2. The van der Waals surface area contributed by atoms with Crippen LogP contribution in [0.25, 0.3) is 0 Å². The van der Waals surface area contributed by atoms with Gasteiger partial charge in [-0.15, -0.1) is 0 Å². The fourth-order valence-electron chi connectivity index (χ4n) is 2.54. The van der Waals surface area contributed by atoms with Gasteiger partial charge < -0.3 is 15.0 Å². The molecule has 0 heterocycles. The highest BCUT2D eigenvalue weighted by Gasteiger charge is 2.09. The summed E-state index contributed by atoms with van der Waals surface area (Å²) in [4.78, 5) is 25.4. The standard InChI is InChI=1S/C23H24Cl2N2O3/c1-17-14-18(10-11-20(24)15-17)6-5-9-22(28)30-13-12-27(2)23(29)26-16-19-7-3-4-8-21(19)25/h3-5,7-11,14-15H,1,6,12-13,16H2,2H3,(H,26,29)/b9-5+. The fourth-order valence-corrected chi connectivity index (χ4v) is 2.94. The van der Waals surface area contributed by atoms with Crippen LogP contribution in [0.15, 0.2) is 83.5 Å². The first-order valence-electron chi connectivity index (χ1n) is 9.35. The van der Waals surface area contributed by atoms with Gasteiger partial charge in [-0.1, -0.05) is 66.2 Å². The van der Waals surface area contributed by atoms with Crippen molar-refractivity contribution in [2.75, 3.05) is 20.2 Å². The number of hydrogen-bond acceptors (Lipinski definition) is 3. The lowest BCUT2D eigenvalue weighted by atomic mass is 10.1. The number of halogens is 2. The molecule has 1 N–H and O–H groups in total. The number of allylic oxidation sites excluding steroid dienone is 8. The van der Waals surface area contributed by atoms with Gasteiger partial charge in [-0.25, -0.2) is 9.59 Å². The minimum absolute atomic E-state index is 0.0954. The molecule has 0 atom stereocenters. The summed E-state index contributed by atoms with van der Waals surface area (Å²) in [5.74, 6) is -0.465. The number of nitrogens with zero attached hydrogens (tertiary/aromatic N) is 1. The molecule has 0 radical (unpaired) electrons. The molecular formula is C23H24Cl2N2O3. The molecule has 0 saturated carbocycles. The molecule has 30 heavy (non-hydrogen) atoms. The van der Waals surface area contributed by atoms with E-state index in [0.29, 0.717) is 23.0 Å². The number of likely N-dealkylation sites (N-methyl/N-ethyl adjacent to an activating group) is 1. The summed E-state index contributed by atoms with van der Waals surface area (Å²) in [6.45, 7) is 4.57. The van der Waals surface area contributed by atoms with Gasteiger partial charge in [0.25, 0.3) is 0 Å². The number of urea groups is 1. The van der Waals surface area contributed by atoms with Crippen LogP contribution in [0.1, 0.15) is 12.0 Å². The molecule has 0 aromatic heterocycles. The number of ether oxygens (including phenoxy) is 1. The van der Waals surface area contributed by atoms with E-state index >= 15 is 0 Å². The van der Waals surface area contributed by atoms with E-state index in [-0.39, 0.29) is 19.2 Å². The predicted molar refractivity (Wildman–Crippen MR) is 121 cm³/mol. The predicted octanol–water partition coefficient (Wildman–Crippen LogP) is 5.15. The lowest BCUT2D eigenvalue weighted by molar-refractivity contribution is -0.137. The van der Waals surface area contributed by atoms with Crippen molar-refractivity contribution >= 4 is 35.2 Å². The number of benzene rings is 1. The minimum Gasteiger partial charge on any atom is -0.461 e. The number of rotatable bonds is 8. The average Bonchev–Trinajstić information content (AvgIpc) is 2.86. The van der Waals surface area contributed by atoms with Crippen molar-refractivity contribution in [2.24, 2.45) is 0 Å². The Hall–Kier alpha value is -2.76. The third-order valence-electron chi connectivity index (χ3n) is 4.16. The molecule has 0 spiro atoms. The molecule has 0 unspecified atom stereocenters. The molecule has 5 nitrogen and oxygen atoms in total. The maximum atomic E-state index is 12.1. The zero-order valence-electron chi connectivity index (χ0n) is 16.7. The molecule has 0 fully saturated rings. The summed E-state index contributed by atoms with van der Waals surface area (Å²) in [7, 11) is 1.63. The van der Waals surface area contributed by atoms with E-state index in [4.69, 9.17) is 27.9 Å². The van der Waals surface area contributed by atoms with Crippen molar-refractivity contribution in [3.05, 3.63) is 94.1 Å². The van der Waals surface area contributed by atoms with E-state index in [2.05, 4.69) is 11.9 Å². The number of hydrogen-bond donors (Lipinski definition) is 1. The van der Waals surface area contributed by atoms with Crippen molar-refractivity contribution in [3.8, 4) is 0 Å². The summed E-state index contributed by atoms with van der Waals surface area (Å²) < 4.78 is 5.14. The second-order valence-corrected chi connectivity index (χ2v) is 7.45. The number of esters is 1. The second kappa shape index (κ2) is 12.1. The Labute approximate surface area is 187 Å². The van der Waals surface area contributed by atoms with Gasteiger partial charge in [0.15, 0.2) is 0 Å². The van der Waals surface area contributed by atoms with Crippen molar-refractivity contribution < 1.29 is 14.3 Å². The second-order valence-electron chi connectivity index (χ2n) is 6.60. The smallest absolute Gasteiger partial charge is 0.330 e. The summed E-state index contributed by atoms with van der Waals surface area (Å²) in [5, 5.41) is 3.98. The lowest BCUT2D eigenvalue weighted by Crippen LogP contribution is -2.38. The Morgan fingerprint density at radius 1 is 1.20 bits per heavy atom. The maximum Gasteiger partial charge on any atom is 0.330 e. The molecule has 7 heteroatoms. The van der Waals surface area contributed by atoms with Crippen LogP contribution in [-0.4, -0.2) is 37.1 Å². The van der Waals surface area contributed by atoms with Crippen molar-refractivity contribution in [3.63, 3.8) is 0 Å². The zero-order valence-corrected chi connectivity index (χ0v) is 18.2. The summed E-state index contributed by atoms with van der Waals surface area (Å²) in [5.41, 5.74) is 2.61. The first-order chi connectivity index (χ1) is 14.3. The van der Waals surface area contributed by atoms with Crippen LogP contribution in [0, 0.1) is 0 Å². The Balaban J connectivity index is 1.67. The molecule has 1 aromatic rings. The molecule has 1 aliphatic rings. The zero-order chi connectivity index (χ0) is 21.9. The SMILES string of the molecule is C=C1C=C(Cl)C=CC(C/C=C/C(=O)OCCN(C)C(=O)NCc2ccccc2Cl)=C1. The maximum absolute atomic E-state index is 12.1. The molecule has 158 valence electrons. The number of carbonyl (C=O) groups is 2. The Bertz CT molecular complexity index is 917. The molecule has 2 amide bonds. The third kappa shape index (κ3) is 8.31. The summed E-state index contributed by atoms with van der Waals surface area (Å²) in [6.07, 6.45) is 11.0. The lowest BCUT2D eigenvalue weighted by Gasteiger charge is -2.18. The van der Waals surface area contributed by atoms with Gasteiger partial charge in [-0.3, -0.25) is 0 Å². The van der Waals surface area contributed by atoms with Crippen molar-refractivity contribution in [2.45, 2.75) is 13.0 Å². The van der Waals surface area contributed by atoms with Gasteiger partial charge in [-0.05, 0) is 41.3 Å². The molecular weight excluding hydrogens is 423 g/mol. The van der Waals surface area contributed by atoms with Gasteiger partial charge in [0.05, 0.1) is 6.54 Å². The molecule has 2 rings (SSSR count). The van der Waals surface area contributed by atoms with Crippen LogP contribution in [0.2, 0.25) is 5.02 Å². The normalized spacial score (nSPS) is 13.5. The van der Waals surface area contributed by atoms with Gasteiger partial charge in [0, 0.05) is 29.7 Å². The van der Waals surface area contributed by atoms with Crippen molar-refractivity contribution in [1.29, 1.82) is 0 Å². The first kappa shape index (κ1) is 23.5. The van der Waals surface area contributed by atoms with E-state index in [1.54, 1.807) is 31.3 Å². The molecule has 0 saturated heterocycles. The Morgan fingerprint density at radius 3 is 2.73 bits per heavy atom. The van der Waals surface area contributed by atoms with E-state index in [9.17, 15) is 9.59 Å². The topological polar surface area (TPSA) is 58.6 Å². The minimum atomic E-state index is -0.465. The van der Waals surface area contributed by atoms with Crippen LogP contribution < -0.4 is 5.32 Å².